The number of rotatable bonds is 5. The first-order valence-corrected chi connectivity index (χ1v) is 6.64. The molecule has 0 unspecified atom stereocenters. The van der Waals surface area contributed by atoms with Crippen molar-refractivity contribution in [3.8, 4) is 0 Å². The number of nitrogens with zero attached hydrogens (tertiary/aromatic N) is 2. The molecule has 1 heterocycles. The normalized spacial score (nSPS) is 12.4. The molecule has 0 radical (unpaired) electrons. The highest BCUT2D eigenvalue weighted by molar-refractivity contribution is 7.80. The lowest BCUT2D eigenvalue weighted by Gasteiger charge is -2.28. The molecule has 86 valence electrons. The van der Waals surface area contributed by atoms with Crippen molar-refractivity contribution < 1.29 is 0 Å². The van der Waals surface area contributed by atoms with Gasteiger partial charge in [-0.15, -0.1) is 11.3 Å². The summed E-state index contributed by atoms with van der Waals surface area (Å²) >= 11 is 6.08. The lowest BCUT2D eigenvalue weighted by atomic mass is 9.96. The Morgan fingerprint density at radius 1 is 1.53 bits per heavy atom. The zero-order valence-electron chi connectivity index (χ0n) is 9.95. The van der Waals surface area contributed by atoms with E-state index >= 15 is 0 Å². The molecular weight excluding hydrogens is 224 g/mol. The summed E-state index contributed by atoms with van der Waals surface area (Å²) in [6, 6.07) is 0. The predicted octanol–water partition coefficient (Wildman–Crippen LogP) is 2.84. The molecule has 0 aliphatic heterocycles. The molecule has 0 saturated carbocycles. The van der Waals surface area contributed by atoms with E-state index in [1.54, 1.807) is 11.3 Å². The van der Waals surface area contributed by atoms with Gasteiger partial charge in [-0.3, -0.25) is 4.90 Å². The van der Waals surface area contributed by atoms with Crippen LogP contribution in [0, 0.1) is 12.3 Å². The highest BCUT2D eigenvalue weighted by Crippen LogP contribution is 2.19. The highest BCUT2D eigenvalue weighted by atomic mass is 32.1. The largest absolute Gasteiger partial charge is 0.300 e. The number of thiol groups is 1. The number of hydrogen-bond donors (Lipinski definition) is 1. The molecule has 2 nitrogen and oxygen atoms in total. The summed E-state index contributed by atoms with van der Waals surface area (Å²) < 4.78 is 0. The SMILES string of the molecule is Cc1nc(CN(C)CC(C)(C)CS)cs1. The van der Waals surface area contributed by atoms with Crippen molar-refractivity contribution in [2.75, 3.05) is 19.3 Å². The molecule has 0 aliphatic rings. The van der Waals surface area contributed by atoms with Crippen LogP contribution in [0.2, 0.25) is 0 Å². The van der Waals surface area contributed by atoms with Gasteiger partial charge in [-0.2, -0.15) is 12.6 Å². The molecule has 0 bridgehead atoms. The van der Waals surface area contributed by atoms with Crippen LogP contribution in [0.5, 0.6) is 0 Å². The summed E-state index contributed by atoms with van der Waals surface area (Å²) in [5.74, 6) is 0.910. The van der Waals surface area contributed by atoms with Crippen molar-refractivity contribution in [2.24, 2.45) is 5.41 Å². The Bertz CT molecular complexity index is 307. The number of aromatic nitrogens is 1. The molecule has 0 N–H and O–H groups in total. The van der Waals surface area contributed by atoms with Crippen molar-refractivity contribution in [3.63, 3.8) is 0 Å². The van der Waals surface area contributed by atoms with E-state index in [2.05, 4.69) is 48.8 Å². The lowest BCUT2D eigenvalue weighted by molar-refractivity contribution is 0.223. The average Bonchev–Trinajstić information content (AvgIpc) is 2.50. The Labute approximate surface area is 102 Å². The van der Waals surface area contributed by atoms with Gasteiger partial charge in [0.25, 0.3) is 0 Å². The fraction of sp³-hybridized carbons (Fsp3) is 0.727. The topological polar surface area (TPSA) is 16.1 Å². The molecule has 0 saturated heterocycles. The van der Waals surface area contributed by atoms with Crippen LogP contribution in [0.25, 0.3) is 0 Å². The number of aryl methyl sites for hydroxylation is 1. The summed E-state index contributed by atoms with van der Waals surface area (Å²) in [6.07, 6.45) is 0. The van der Waals surface area contributed by atoms with Crippen molar-refractivity contribution in [3.05, 3.63) is 16.1 Å². The third-order valence-corrected chi connectivity index (χ3v) is 3.90. The fourth-order valence-corrected chi connectivity index (χ4v) is 2.30. The molecule has 0 aromatic carbocycles. The van der Waals surface area contributed by atoms with Crippen molar-refractivity contribution in [1.82, 2.24) is 9.88 Å². The van der Waals surface area contributed by atoms with Gasteiger partial charge in [0.15, 0.2) is 0 Å². The lowest BCUT2D eigenvalue weighted by Crippen LogP contribution is -2.32. The van der Waals surface area contributed by atoms with E-state index in [4.69, 9.17) is 0 Å². The second kappa shape index (κ2) is 5.32. The second-order valence-corrected chi connectivity index (χ2v) is 6.23. The Balaban J connectivity index is 2.46. The summed E-state index contributed by atoms with van der Waals surface area (Å²) in [6.45, 7) is 8.51. The number of hydrogen-bond acceptors (Lipinski definition) is 4. The third-order valence-electron chi connectivity index (χ3n) is 2.22. The quantitative estimate of drug-likeness (QED) is 0.802. The molecule has 0 fully saturated rings. The van der Waals surface area contributed by atoms with Crippen molar-refractivity contribution in [1.29, 1.82) is 0 Å². The summed E-state index contributed by atoms with van der Waals surface area (Å²) in [4.78, 5) is 6.77. The maximum Gasteiger partial charge on any atom is 0.0897 e. The van der Waals surface area contributed by atoms with Crippen LogP contribution in [0.3, 0.4) is 0 Å². The van der Waals surface area contributed by atoms with Gasteiger partial charge in [0, 0.05) is 18.5 Å². The van der Waals surface area contributed by atoms with E-state index in [-0.39, 0.29) is 5.41 Å². The van der Waals surface area contributed by atoms with Crippen molar-refractivity contribution >= 4 is 24.0 Å². The van der Waals surface area contributed by atoms with E-state index in [1.165, 1.54) is 5.69 Å². The summed E-state index contributed by atoms with van der Waals surface area (Å²) in [5.41, 5.74) is 1.44. The minimum atomic E-state index is 0.267. The first kappa shape index (κ1) is 13.0. The minimum Gasteiger partial charge on any atom is -0.300 e. The van der Waals surface area contributed by atoms with Crippen LogP contribution in [-0.2, 0) is 6.54 Å². The molecule has 15 heavy (non-hydrogen) atoms. The summed E-state index contributed by atoms with van der Waals surface area (Å²) in [5, 5.41) is 3.28. The molecular formula is C11H20N2S2. The van der Waals surface area contributed by atoms with Crippen LogP contribution in [0.1, 0.15) is 24.5 Å². The zero-order valence-corrected chi connectivity index (χ0v) is 11.7. The van der Waals surface area contributed by atoms with Crippen LogP contribution in [-0.4, -0.2) is 29.2 Å². The zero-order chi connectivity index (χ0) is 11.5. The molecule has 0 aliphatic carbocycles. The van der Waals surface area contributed by atoms with E-state index in [0.29, 0.717) is 0 Å². The third kappa shape index (κ3) is 4.53. The first-order valence-electron chi connectivity index (χ1n) is 5.13. The Kier molecular flexibility index (Phi) is 4.62. The van der Waals surface area contributed by atoms with Gasteiger partial charge >= 0.3 is 0 Å². The molecule has 0 amide bonds. The number of thiazole rings is 1. The van der Waals surface area contributed by atoms with Gasteiger partial charge in [0.05, 0.1) is 10.7 Å². The summed E-state index contributed by atoms with van der Waals surface area (Å²) in [7, 11) is 2.14. The maximum absolute atomic E-state index is 4.46. The van der Waals surface area contributed by atoms with Crippen LogP contribution < -0.4 is 0 Å². The Morgan fingerprint density at radius 3 is 2.67 bits per heavy atom. The molecule has 1 aromatic heterocycles. The van der Waals surface area contributed by atoms with Gasteiger partial charge in [0.2, 0.25) is 0 Å². The van der Waals surface area contributed by atoms with Gasteiger partial charge in [-0.1, -0.05) is 13.8 Å². The molecule has 0 atom stereocenters. The maximum atomic E-state index is 4.46. The van der Waals surface area contributed by atoms with E-state index in [9.17, 15) is 0 Å². The van der Waals surface area contributed by atoms with Gasteiger partial charge in [-0.25, -0.2) is 4.98 Å². The monoisotopic (exact) mass is 244 g/mol. The Morgan fingerprint density at radius 2 is 2.20 bits per heavy atom. The van der Waals surface area contributed by atoms with Crippen LogP contribution in [0.4, 0.5) is 0 Å². The molecule has 1 rings (SSSR count). The van der Waals surface area contributed by atoms with E-state index in [1.807, 2.05) is 6.92 Å². The smallest absolute Gasteiger partial charge is 0.0897 e. The standard InChI is InChI=1S/C11H20N2S2/c1-9-12-10(6-15-9)5-13(4)7-11(2,3)8-14/h6,14H,5,7-8H2,1-4H3. The average molecular weight is 244 g/mol. The molecule has 1 aromatic rings. The van der Waals surface area contributed by atoms with Gasteiger partial charge < -0.3 is 0 Å². The fourth-order valence-electron chi connectivity index (χ4n) is 1.59. The minimum absolute atomic E-state index is 0.267. The Hall–Kier alpha value is -0.0600. The van der Waals surface area contributed by atoms with Crippen LogP contribution in [0.15, 0.2) is 5.38 Å². The molecule has 0 spiro atoms. The van der Waals surface area contributed by atoms with Crippen molar-refractivity contribution in [2.45, 2.75) is 27.3 Å². The highest BCUT2D eigenvalue weighted by Gasteiger charge is 2.18. The van der Waals surface area contributed by atoms with E-state index < -0.39 is 0 Å². The predicted molar refractivity (Wildman–Crippen MR) is 70.8 cm³/mol. The molecule has 4 heteroatoms. The van der Waals surface area contributed by atoms with Gasteiger partial charge in [-0.05, 0) is 25.1 Å². The first-order chi connectivity index (χ1) is 6.93. The van der Waals surface area contributed by atoms with Gasteiger partial charge in [0.1, 0.15) is 0 Å². The van der Waals surface area contributed by atoms with E-state index in [0.717, 1.165) is 23.8 Å². The second-order valence-electron chi connectivity index (χ2n) is 4.85. The van der Waals surface area contributed by atoms with Crippen LogP contribution >= 0.6 is 24.0 Å².